The number of nitro benzene ring substituents is 1. The number of imidazole rings is 1. The zero-order valence-corrected chi connectivity index (χ0v) is 13.4. The summed E-state index contributed by atoms with van der Waals surface area (Å²) in [4.78, 5) is 31.7. The van der Waals surface area contributed by atoms with Crippen LogP contribution >= 0.6 is 0 Å². The summed E-state index contributed by atoms with van der Waals surface area (Å²) in [7, 11) is 0. The van der Waals surface area contributed by atoms with Gasteiger partial charge >= 0.3 is 0 Å². The van der Waals surface area contributed by atoms with Crippen LogP contribution in [0.5, 0.6) is 0 Å². The van der Waals surface area contributed by atoms with E-state index >= 15 is 0 Å². The second-order valence-electron chi connectivity index (χ2n) is 5.21. The Morgan fingerprint density at radius 3 is 2.83 bits per heavy atom. The molecule has 8 nitrogen and oxygen atoms in total. The van der Waals surface area contributed by atoms with Crippen LogP contribution in [0.25, 0.3) is 11.3 Å². The highest BCUT2D eigenvalue weighted by atomic mass is 16.6. The number of benzene rings is 1. The van der Waals surface area contributed by atoms with Crippen molar-refractivity contribution in [1.29, 1.82) is 0 Å². The van der Waals surface area contributed by atoms with Gasteiger partial charge in [-0.2, -0.15) is 0 Å². The molecule has 3 N–H and O–H groups in total. The van der Waals surface area contributed by atoms with Gasteiger partial charge in [0.15, 0.2) is 5.95 Å². The largest absolute Gasteiger partial charge is 0.369 e. The number of nitrogen functional groups attached to an aromatic ring is 1. The van der Waals surface area contributed by atoms with Crippen LogP contribution in [-0.2, 0) is 0 Å². The highest BCUT2D eigenvalue weighted by molar-refractivity contribution is 5.99. The lowest BCUT2D eigenvalue weighted by Gasteiger charge is -2.20. The Morgan fingerprint density at radius 2 is 2.29 bits per heavy atom. The van der Waals surface area contributed by atoms with Gasteiger partial charge in [0.2, 0.25) is 0 Å². The van der Waals surface area contributed by atoms with Gasteiger partial charge in [-0.25, -0.2) is 4.98 Å². The highest BCUT2D eigenvalue weighted by Crippen LogP contribution is 2.27. The van der Waals surface area contributed by atoms with E-state index in [0.29, 0.717) is 24.3 Å². The number of H-pyrrole nitrogens is 1. The molecule has 0 atom stereocenters. The topological polar surface area (TPSA) is 118 Å². The Morgan fingerprint density at radius 1 is 1.54 bits per heavy atom. The number of nitrogens with zero attached hydrogens (tertiary/aromatic N) is 3. The van der Waals surface area contributed by atoms with Gasteiger partial charge in [-0.1, -0.05) is 19.1 Å². The third-order valence-electron chi connectivity index (χ3n) is 3.46. The average molecular weight is 329 g/mol. The maximum absolute atomic E-state index is 12.6. The summed E-state index contributed by atoms with van der Waals surface area (Å²) in [6.45, 7) is 6.39. The summed E-state index contributed by atoms with van der Waals surface area (Å²) in [5.74, 6) is -0.174. The summed E-state index contributed by atoms with van der Waals surface area (Å²) < 4.78 is 0. The first kappa shape index (κ1) is 17.2. The van der Waals surface area contributed by atoms with Gasteiger partial charge < -0.3 is 15.6 Å². The first-order chi connectivity index (χ1) is 11.5. The van der Waals surface area contributed by atoms with E-state index in [1.54, 1.807) is 12.1 Å². The molecule has 0 aliphatic carbocycles. The van der Waals surface area contributed by atoms with Crippen LogP contribution < -0.4 is 5.73 Å². The van der Waals surface area contributed by atoms with E-state index < -0.39 is 4.92 Å². The lowest BCUT2D eigenvalue weighted by atomic mass is 10.1. The molecule has 24 heavy (non-hydrogen) atoms. The first-order valence-corrected chi connectivity index (χ1v) is 7.47. The van der Waals surface area contributed by atoms with Crippen LogP contribution in [-0.4, -0.2) is 38.8 Å². The standard InChI is InChI=1S/C16H19N5O3/c1-3-7-20(8-4-2)15(22)12-6-5-11(9-14(12)21(23)24)13-10-18-16(17)19-13/h3,5-6,9-10H,1,4,7-8H2,2H3,(H3,17,18,19). The third kappa shape index (κ3) is 3.60. The molecule has 2 rings (SSSR count). The first-order valence-electron chi connectivity index (χ1n) is 7.47. The van der Waals surface area contributed by atoms with E-state index in [9.17, 15) is 14.9 Å². The van der Waals surface area contributed by atoms with Crippen molar-refractivity contribution in [2.45, 2.75) is 13.3 Å². The lowest BCUT2D eigenvalue weighted by molar-refractivity contribution is -0.385. The van der Waals surface area contributed by atoms with E-state index in [-0.39, 0.29) is 23.1 Å². The Hall–Kier alpha value is -3.16. The van der Waals surface area contributed by atoms with E-state index in [0.717, 1.165) is 6.42 Å². The Labute approximate surface area is 139 Å². The molecular weight excluding hydrogens is 310 g/mol. The van der Waals surface area contributed by atoms with Gasteiger partial charge in [-0.3, -0.25) is 14.9 Å². The van der Waals surface area contributed by atoms with Crippen LogP contribution in [0.2, 0.25) is 0 Å². The molecule has 1 amide bonds. The Kier molecular flexibility index (Phi) is 5.31. The SMILES string of the molecule is C=CCN(CCC)C(=O)c1ccc(-c2cnc(N)[nH]2)cc1[N+](=O)[O-]. The molecule has 0 radical (unpaired) electrons. The molecular formula is C16H19N5O3. The minimum absolute atomic E-state index is 0.0477. The van der Waals surface area contributed by atoms with Crippen molar-refractivity contribution in [2.24, 2.45) is 0 Å². The summed E-state index contributed by atoms with van der Waals surface area (Å²) in [6, 6.07) is 4.43. The number of hydrogen-bond acceptors (Lipinski definition) is 5. The molecule has 0 aliphatic heterocycles. The summed E-state index contributed by atoms with van der Waals surface area (Å²) in [6.07, 6.45) is 3.83. The van der Waals surface area contributed by atoms with Crippen LogP contribution in [0.1, 0.15) is 23.7 Å². The van der Waals surface area contributed by atoms with Gasteiger partial charge in [0.25, 0.3) is 11.6 Å². The number of nitrogens with one attached hydrogen (secondary N) is 1. The molecule has 0 spiro atoms. The number of rotatable bonds is 7. The molecule has 126 valence electrons. The normalized spacial score (nSPS) is 10.4. The van der Waals surface area contributed by atoms with Crippen molar-refractivity contribution in [2.75, 3.05) is 18.8 Å². The highest BCUT2D eigenvalue weighted by Gasteiger charge is 2.24. The fourth-order valence-electron chi connectivity index (χ4n) is 2.39. The van der Waals surface area contributed by atoms with Gasteiger partial charge in [-0.05, 0) is 12.5 Å². The predicted octanol–water partition coefficient (Wildman–Crippen LogP) is 2.61. The van der Waals surface area contributed by atoms with E-state index in [1.165, 1.54) is 23.2 Å². The van der Waals surface area contributed by atoms with E-state index in [2.05, 4.69) is 16.5 Å². The molecule has 2 aromatic rings. The molecule has 1 heterocycles. The van der Waals surface area contributed by atoms with Gasteiger partial charge in [0.1, 0.15) is 5.56 Å². The number of aromatic amines is 1. The van der Waals surface area contributed by atoms with E-state index in [4.69, 9.17) is 5.73 Å². The molecule has 0 aliphatic rings. The third-order valence-corrected chi connectivity index (χ3v) is 3.46. The number of hydrogen-bond donors (Lipinski definition) is 2. The monoisotopic (exact) mass is 329 g/mol. The van der Waals surface area contributed by atoms with Crippen molar-refractivity contribution in [1.82, 2.24) is 14.9 Å². The van der Waals surface area contributed by atoms with Crippen molar-refractivity contribution in [3.63, 3.8) is 0 Å². The van der Waals surface area contributed by atoms with Gasteiger partial charge in [0.05, 0.1) is 16.8 Å². The zero-order valence-electron chi connectivity index (χ0n) is 13.4. The molecule has 0 saturated heterocycles. The van der Waals surface area contributed by atoms with E-state index in [1.807, 2.05) is 6.92 Å². The quantitative estimate of drug-likeness (QED) is 0.460. The molecule has 8 heteroatoms. The molecule has 0 fully saturated rings. The second kappa shape index (κ2) is 7.40. The number of nitrogens with two attached hydrogens (primary N) is 1. The fraction of sp³-hybridized carbons (Fsp3) is 0.250. The summed E-state index contributed by atoms with van der Waals surface area (Å²) in [5.41, 5.74) is 6.40. The minimum atomic E-state index is -0.561. The Bertz CT molecular complexity index is 769. The van der Waals surface area contributed by atoms with Crippen LogP contribution in [0.3, 0.4) is 0 Å². The summed E-state index contributed by atoms with van der Waals surface area (Å²) in [5, 5.41) is 11.4. The minimum Gasteiger partial charge on any atom is -0.369 e. The van der Waals surface area contributed by atoms with Gasteiger partial charge in [0, 0.05) is 24.7 Å². The second-order valence-corrected chi connectivity index (χ2v) is 5.21. The molecule has 0 bridgehead atoms. The smallest absolute Gasteiger partial charge is 0.282 e. The van der Waals surface area contributed by atoms with Crippen molar-refractivity contribution in [3.8, 4) is 11.3 Å². The average Bonchev–Trinajstić information content (AvgIpc) is 3.00. The summed E-state index contributed by atoms with van der Waals surface area (Å²) >= 11 is 0. The molecule has 0 unspecified atom stereocenters. The maximum Gasteiger partial charge on any atom is 0.282 e. The fourth-order valence-corrected chi connectivity index (χ4v) is 2.39. The molecule has 1 aromatic carbocycles. The number of carbonyl (C=O) groups is 1. The van der Waals surface area contributed by atoms with Crippen molar-refractivity contribution < 1.29 is 9.72 Å². The number of nitro groups is 1. The van der Waals surface area contributed by atoms with Crippen LogP contribution in [0, 0.1) is 10.1 Å². The predicted molar refractivity (Wildman–Crippen MR) is 91.5 cm³/mol. The number of amides is 1. The number of aromatic nitrogens is 2. The molecule has 0 saturated carbocycles. The zero-order chi connectivity index (χ0) is 17.7. The van der Waals surface area contributed by atoms with Crippen molar-refractivity contribution >= 4 is 17.5 Å². The number of carbonyl (C=O) groups excluding carboxylic acids is 1. The van der Waals surface area contributed by atoms with Crippen molar-refractivity contribution in [3.05, 3.63) is 52.7 Å². The van der Waals surface area contributed by atoms with Crippen LogP contribution in [0.4, 0.5) is 11.6 Å². The molecule has 1 aromatic heterocycles. The Balaban J connectivity index is 2.44. The van der Waals surface area contributed by atoms with Gasteiger partial charge in [-0.15, -0.1) is 6.58 Å². The number of anilines is 1. The maximum atomic E-state index is 12.6. The van der Waals surface area contributed by atoms with Crippen LogP contribution in [0.15, 0.2) is 37.1 Å². The lowest BCUT2D eigenvalue weighted by Crippen LogP contribution is -2.32.